The molecule has 0 spiro atoms. The fraction of sp³-hybridized carbons (Fsp3) is 1.00. The van der Waals surface area contributed by atoms with Crippen LogP contribution >= 0.6 is 0 Å². The van der Waals surface area contributed by atoms with E-state index < -0.39 is 0 Å². The predicted octanol–water partition coefficient (Wildman–Crippen LogP) is 2.21. The van der Waals surface area contributed by atoms with Gasteiger partial charge in [-0.05, 0) is 38.0 Å². The van der Waals surface area contributed by atoms with Gasteiger partial charge in [0.05, 0.1) is 6.10 Å². The fourth-order valence-electron chi connectivity index (χ4n) is 2.25. The second kappa shape index (κ2) is 7.20. The molecule has 0 aromatic rings. The van der Waals surface area contributed by atoms with Crippen molar-refractivity contribution in [1.29, 1.82) is 0 Å². The number of nitrogens with one attached hydrogen (secondary N) is 1. The summed E-state index contributed by atoms with van der Waals surface area (Å²) in [5.74, 6) is 6.23. The molecule has 1 heterocycles. The second-order valence-electron chi connectivity index (χ2n) is 4.72. The zero-order valence-corrected chi connectivity index (χ0v) is 10.2. The number of ether oxygens (including phenoxy) is 1. The molecule has 3 atom stereocenters. The van der Waals surface area contributed by atoms with Crippen molar-refractivity contribution < 1.29 is 4.74 Å². The minimum absolute atomic E-state index is 0.469. The van der Waals surface area contributed by atoms with Crippen LogP contribution in [0, 0.1) is 5.92 Å². The van der Waals surface area contributed by atoms with Gasteiger partial charge in [-0.2, -0.15) is 0 Å². The van der Waals surface area contributed by atoms with Crippen LogP contribution < -0.4 is 11.3 Å². The Bertz CT molecular complexity index is 158. The SMILES string of the molecule is CCC(C)C(CCCC1CCCO1)NN. The molecule has 3 unspecified atom stereocenters. The molecule has 15 heavy (non-hydrogen) atoms. The molecular formula is C12H26N2O. The van der Waals surface area contributed by atoms with Crippen molar-refractivity contribution in [1.82, 2.24) is 5.43 Å². The Morgan fingerprint density at radius 2 is 2.33 bits per heavy atom. The number of hydrogen-bond acceptors (Lipinski definition) is 3. The molecule has 3 heteroatoms. The summed E-state index contributed by atoms with van der Waals surface area (Å²) in [6.45, 7) is 5.44. The van der Waals surface area contributed by atoms with Gasteiger partial charge >= 0.3 is 0 Å². The summed E-state index contributed by atoms with van der Waals surface area (Å²) in [5, 5.41) is 0. The number of nitrogens with two attached hydrogens (primary N) is 1. The van der Waals surface area contributed by atoms with Crippen LogP contribution in [0.3, 0.4) is 0 Å². The quantitative estimate of drug-likeness (QED) is 0.504. The summed E-state index contributed by atoms with van der Waals surface area (Å²) >= 11 is 0. The van der Waals surface area contributed by atoms with Crippen LogP contribution in [-0.4, -0.2) is 18.8 Å². The lowest BCUT2D eigenvalue weighted by atomic mass is 9.94. The molecule has 1 rings (SSSR count). The van der Waals surface area contributed by atoms with Gasteiger partial charge in [-0.1, -0.05) is 20.3 Å². The molecule has 0 saturated carbocycles. The van der Waals surface area contributed by atoms with Crippen LogP contribution in [0.1, 0.15) is 52.4 Å². The van der Waals surface area contributed by atoms with Crippen LogP contribution in [0.2, 0.25) is 0 Å². The van der Waals surface area contributed by atoms with Crippen molar-refractivity contribution in [3.63, 3.8) is 0 Å². The minimum Gasteiger partial charge on any atom is -0.378 e. The Labute approximate surface area is 93.7 Å². The Balaban J connectivity index is 2.10. The van der Waals surface area contributed by atoms with Gasteiger partial charge in [-0.25, -0.2) is 0 Å². The topological polar surface area (TPSA) is 47.3 Å². The highest BCUT2D eigenvalue weighted by atomic mass is 16.5. The Morgan fingerprint density at radius 3 is 2.87 bits per heavy atom. The monoisotopic (exact) mass is 214 g/mol. The Hall–Kier alpha value is -0.120. The van der Waals surface area contributed by atoms with Crippen molar-refractivity contribution in [2.75, 3.05) is 6.61 Å². The third kappa shape index (κ3) is 4.49. The van der Waals surface area contributed by atoms with Crippen molar-refractivity contribution in [3.8, 4) is 0 Å². The first kappa shape index (κ1) is 12.9. The summed E-state index contributed by atoms with van der Waals surface area (Å²) in [6.07, 6.45) is 7.82. The van der Waals surface area contributed by atoms with Gasteiger partial charge in [0.15, 0.2) is 0 Å². The van der Waals surface area contributed by atoms with Crippen LogP contribution in [0.15, 0.2) is 0 Å². The van der Waals surface area contributed by atoms with Gasteiger partial charge in [0.1, 0.15) is 0 Å². The first-order valence-electron chi connectivity index (χ1n) is 6.35. The van der Waals surface area contributed by atoms with Crippen LogP contribution in [-0.2, 0) is 4.74 Å². The van der Waals surface area contributed by atoms with E-state index >= 15 is 0 Å². The summed E-state index contributed by atoms with van der Waals surface area (Å²) in [7, 11) is 0. The number of hydrazine groups is 1. The molecule has 3 N–H and O–H groups in total. The molecule has 0 radical (unpaired) electrons. The average Bonchev–Trinajstić information content (AvgIpc) is 2.76. The van der Waals surface area contributed by atoms with Gasteiger partial charge in [0.2, 0.25) is 0 Å². The van der Waals surface area contributed by atoms with E-state index in [4.69, 9.17) is 10.6 Å². The molecular weight excluding hydrogens is 188 g/mol. The largest absolute Gasteiger partial charge is 0.378 e. The lowest BCUT2D eigenvalue weighted by molar-refractivity contribution is 0.100. The molecule has 3 nitrogen and oxygen atoms in total. The maximum atomic E-state index is 5.60. The van der Waals surface area contributed by atoms with E-state index in [1.807, 2.05) is 0 Å². The summed E-state index contributed by atoms with van der Waals surface area (Å²) in [5.41, 5.74) is 2.94. The highest BCUT2D eigenvalue weighted by molar-refractivity contribution is 4.72. The van der Waals surface area contributed by atoms with E-state index in [2.05, 4.69) is 19.3 Å². The average molecular weight is 214 g/mol. The van der Waals surface area contributed by atoms with Gasteiger partial charge in [-0.15, -0.1) is 0 Å². The Kier molecular flexibility index (Phi) is 6.22. The third-order valence-corrected chi connectivity index (χ3v) is 3.61. The molecule has 0 aromatic carbocycles. The maximum absolute atomic E-state index is 5.60. The van der Waals surface area contributed by atoms with E-state index in [-0.39, 0.29) is 0 Å². The molecule has 1 saturated heterocycles. The van der Waals surface area contributed by atoms with Crippen molar-refractivity contribution in [3.05, 3.63) is 0 Å². The zero-order valence-electron chi connectivity index (χ0n) is 10.2. The lowest BCUT2D eigenvalue weighted by Crippen LogP contribution is -2.39. The van der Waals surface area contributed by atoms with E-state index in [1.54, 1.807) is 0 Å². The van der Waals surface area contributed by atoms with Gasteiger partial charge in [0.25, 0.3) is 0 Å². The van der Waals surface area contributed by atoms with Crippen LogP contribution in [0.25, 0.3) is 0 Å². The predicted molar refractivity (Wildman–Crippen MR) is 63.4 cm³/mol. The first-order valence-corrected chi connectivity index (χ1v) is 6.35. The molecule has 0 amide bonds. The van der Waals surface area contributed by atoms with Crippen molar-refractivity contribution in [2.24, 2.45) is 11.8 Å². The maximum Gasteiger partial charge on any atom is 0.0576 e. The highest BCUT2D eigenvalue weighted by Gasteiger charge is 2.17. The van der Waals surface area contributed by atoms with Crippen molar-refractivity contribution >= 4 is 0 Å². The molecule has 1 aliphatic heterocycles. The number of hydrogen-bond donors (Lipinski definition) is 2. The summed E-state index contributed by atoms with van der Waals surface area (Å²) < 4.78 is 5.60. The third-order valence-electron chi connectivity index (χ3n) is 3.61. The standard InChI is InChI=1S/C12H26N2O/c1-3-10(2)12(14-13)8-4-6-11-7-5-9-15-11/h10-12,14H,3-9,13H2,1-2H3. The normalized spacial score (nSPS) is 25.4. The molecule has 0 aliphatic carbocycles. The van der Waals surface area contributed by atoms with E-state index in [1.165, 1.54) is 38.5 Å². The highest BCUT2D eigenvalue weighted by Crippen LogP contribution is 2.20. The summed E-state index contributed by atoms with van der Waals surface area (Å²) in [4.78, 5) is 0. The lowest BCUT2D eigenvalue weighted by Gasteiger charge is -2.22. The molecule has 0 bridgehead atoms. The fourth-order valence-corrected chi connectivity index (χ4v) is 2.25. The van der Waals surface area contributed by atoms with Crippen LogP contribution in [0.5, 0.6) is 0 Å². The zero-order chi connectivity index (χ0) is 11.1. The minimum atomic E-state index is 0.469. The first-order chi connectivity index (χ1) is 7.27. The van der Waals surface area contributed by atoms with E-state index in [9.17, 15) is 0 Å². The molecule has 1 fully saturated rings. The van der Waals surface area contributed by atoms with Gasteiger partial charge < -0.3 is 4.74 Å². The van der Waals surface area contributed by atoms with Crippen LogP contribution in [0.4, 0.5) is 0 Å². The molecule has 1 aliphatic rings. The molecule has 90 valence electrons. The van der Waals surface area contributed by atoms with E-state index in [0.717, 1.165) is 6.61 Å². The second-order valence-corrected chi connectivity index (χ2v) is 4.72. The Morgan fingerprint density at radius 1 is 1.53 bits per heavy atom. The smallest absolute Gasteiger partial charge is 0.0576 e. The summed E-state index contributed by atoms with van der Waals surface area (Å²) in [6, 6.07) is 0.469. The number of rotatable bonds is 7. The molecule has 0 aromatic heterocycles. The van der Waals surface area contributed by atoms with E-state index in [0.29, 0.717) is 18.1 Å². The van der Waals surface area contributed by atoms with Gasteiger partial charge in [-0.3, -0.25) is 11.3 Å². The van der Waals surface area contributed by atoms with Gasteiger partial charge in [0, 0.05) is 12.6 Å². The van der Waals surface area contributed by atoms with Crippen molar-refractivity contribution in [2.45, 2.75) is 64.5 Å².